The first-order valence-corrected chi connectivity index (χ1v) is 9.09. The summed E-state index contributed by atoms with van der Waals surface area (Å²) in [7, 11) is 0. The normalized spacial score (nSPS) is 24.1. The van der Waals surface area contributed by atoms with Gasteiger partial charge in [-0.25, -0.2) is 4.98 Å². The molecule has 0 radical (unpaired) electrons. The van der Waals surface area contributed by atoms with Gasteiger partial charge in [0, 0.05) is 44.1 Å². The Hall–Kier alpha value is -2.70. The van der Waals surface area contributed by atoms with Gasteiger partial charge in [0.25, 0.3) is 5.91 Å². The molecule has 26 heavy (non-hydrogen) atoms. The summed E-state index contributed by atoms with van der Waals surface area (Å²) >= 11 is 0. The van der Waals surface area contributed by atoms with Crippen molar-refractivity contribution in [3.63, 3.8) is 0 Å². The molecule has 0 spiro atoms. The molecule has 3 atom stereocenters. The zero-order valence-electron chi connectivity index (χ0n) is 15.1. The van der Waals surface area contributed by atoms with Crippen molar-refractivity contribution in [2.75, 3.05) is 6.54 Å². The van der Waals surface area contributed by atoms with Crippen LogP contribution in [0.5, 0.6) is 0 Å². The van der Waals surface area contributed by atoms with E-state index in [1.807, 2.05) is 28.5 Å². The number of nitrogens with one attached hydrogen (secondary N) is 1. The molecule has 4 rings (SSSR count). The van der Waals surface area contributed by atoms with E-state index in [0.29, 0.717) is 31.2 Å². The molecule has 0 aromatic carbocycles. The van der Waals surface area contributed by atoms with Crippen LogP contribution in [0.25, 0.3) is 0 Å². The lowest BCUT2D eigenvalue weighted by molar-refractivity contribution is -0.136. The molecule has 1 N–H and O–H groups in total. The van der Waals surface area contributed by atoms with E-state index in [4.69, 9.17) is 0 Å². The van der Waals surface area contributed by atoms with Gasteiger partial charge >= 0.3 is 0 Å². The van der Waals surface area contributed by atoms with Crippen molar-refractivity contribution >= 4 is 11.8 Å². The van der Waals surface area contributed by atoms with Crippen molar-refractivity contribution in [3.8, 4) is 0 Å². The molecule has 2 aromatic heterocycles. The average molecular weight is 353 g/mol. The molecule has 1 fully saturated rings. The Morgan fingerprint density at radius 3 is 2.81 bits per heavy atom. The minimum atomic E-state index is -0.211. The molecule has 0 saturated heterocycles. The zero-order chi connectivity index (χ0) is 18.3. The van der Waals surface area contributed by atoms with E-state index in [2.05, 4.69) is 22.2 Å². The summed E-state index contributed by atoms with van der Waals surface area (Å²) in [6.45, 7) is 5.86. The molecule has 1 aliphatic heterocycles. The highest BCUT2D eigenvalue weighted by Gasteiger charge is 2.44. The minimum absolute atomic E-state index is 0.107. The van der Waals surface area contributed by atoms with Gasteiger partial charge in [-0.2, -0.15) is 0 Å². The lowest BCUT2D eigenvalue weighted by Crippen LogP contribution is -2.42. The van der Waals surface area contributed by atoms with E-state index >= 15 is 0 Å². The molecule has 2 aromatic rings. The van der Waals surface area contributed by atoms with Crippen LogP contribution in [0.3, 0.4) is 0 Å². The molecule has 1 saturated carbocycles. The van der Waals surface area contributed by atoms with Gasteiger partial charge in [0.05, 0.1) is 6.04 Å². The molecule has 136 valence electrons. The summed E-state index contributed by atoms with van der Waals surface area (Å²) < 4.78 is 1.99. The quantitative estimate of drug-likeness (QED) is 0.908. The van der Waals surface area contributed by atoms with Crippen LogP contribution in [0.2, 0.25) is 0 Å². The number of aromatic nitrogens is 3. The number of amides is 2. The summed E-state index contributed by atoms with van der Waals surface area (Å²) in [4.78, 5) is 35.5. The molecular weight excluding hydrogens is 330 g/mol. The summed E-state index contributed by atoms with van der Waals surface area (Å²) in [6.07, 6.45) is 6.19. The Balaban J connectivity index is 1.45. The van der Waals surface area contributed by atoms with Gasteiger partial charge in [-0.3, -0.25) is 14.6 Å². The largest absolute Gasteiger partial charge is 0.347 e. The number of rotatable bonds is 4. The third kappa shape index (κ3) is 3.09. The Morgan fingerprint density at radius 1 is 1.31 bits per heavy atom. The van der Waals surface area contributed by atoms with Crippen molar-refractivity contribution in [1.29, 1.82) is 0 Å². The Labute approximate surface area is 152 Å². The number of hydrogen-bond donors (Lipinski definition) is 1. The predicted molar refractivity (Wildman–Crippen MR) is 95.0 cm³/mol. The number of pyridine rings is 1. The van der Waals surface area contributed by atoms with E-state index in [0.717, 1.165) is 17.8 Å². The van der Waals surface area contributed by atoms with Crippen molar-refractivity contribution in [2.24, 2.45) is 11.8 Å². The highest BCUT2D eigenvalue weighted by molar-refractivity contribution is 5.92. The Kier molecular flexibility index (Phi) is 4.22. The second kappa shape index (κ2) is 6.55. The van der Waals surface area contributed by atoms with Gasteiger partial charge < -0.3 is 14.8 Å². The standard InChI is InChI=1S/C19H23N5O2/c1-12-8-15(12)19(26)24-7-6-23-11-16(22-17(23)13(24)2)18(25)21-10-14-4-3-5-20-9-14/h3-5,9,11-13,15H,6-8,10H2,1-2H3,(H,21,25)/t12-,13+,15-/m1/s1. The first kappa shape index (κ1) is 16.8. The topological polar surface area (TPSA) is 80.1 Å². The molecule has 0 bridgehead atoms. The number of carbonyl (C=O) groups is 2. The first-order chi connectivity index (χ1) is 12.5. The van der Waals surface area contributed by atoms with Crippen LogP contribution in [-0.4, -0.2) is 37.8 Å². The molecule has 7 heteroatoms. The summed E-state index contributed by atoms with van der Waals surface area (Å²) in [5.74, 6) is 1.45. The Morgan fingerprint density at radius 2 is 2.12 bits per heavy atom. The van der Waals surface area contributed by atoms with Crippen LogP contribution in [-0.2, 0) is 17.9 Å². The van der Waals surface area contributed by atoms with E-state index < -0.39 is 0 Å². The average Bonchev–Trinajstić information content (AvgIpc) is 3.21. The SMILES string of the molecule is C[C@@H]1C[C@H]1C(=O)N1CCn2cc(C(=O)NCc3cccnc3)nc2[C@@H]1C. The van der Waals surface area contributed by atoms with Crippen LogP contribution in [0.15, 0.2) is 30.7 Å². The maximum Gasteiger partial charge on any atom is 0.271 e. The van der Waals surface area contributed by atoms with Crippen molar-refractivity contribution in [2.45, 2.75) is 39.4 Å². The first-order valence-electron chi connectivity index (χ1n) is 9.09. The number of fused-ring (bicyclic) bond motifs is 1. The summed E-state index contributed by atoms with van der Waals surface area (Å²) in [6, 6.07) is 3.64. The lowest BCUT2D eigenvalue weighted by Gasteiger charge is -2.34. The van der Waals surface area contributed by atoms with Crippen LogP contribution >= 0.6 is 0 Å². The van der Waals surface area contributed by atoms with Crippen molar-refractivity contribution < 1.29 is 9.59 Å². The molecular formula is C19H23N5O2. The zero-order valence-corrected chi connectivity index (χ0v) is 15.1. The van der Waals surface area contributed by atoms with Gasteiger partial charge in [-0.15, -0.1) is 0 Å². The van der Waals surface area contributed by atoms with Gasteiger partial charge in [-0.05, 0) is 30.9 Å². The number of hydrogen-bond acceptors (Lipinski definition) is 4. The third-order valence-corrected chi connectivity index (χ3v) is 5.35. The Bertz CT molecular complexity index is 832. The fraction of sp³-hybridized carbons (Fsp3) is 0.474. The molecule has 3 heterocycles. The van der Waals surface area contributed by atoms with E-state index in [1.54, 1.807) is 18.6 Å². The summed E-state index contributed by atoms with van der Waals surface area (Å²) in [5, 5.41) is 2.87. The van der Waals surface area contributed by atoms with Crippen molar-refractivity contribution in [3.05, 3.63) is 47.8 Å². The van der Waals surface area contributed by atoms with Crippen LogP contribution in [0.4, 0.5) is 0 Å². The molecule has 0 unspecified atom stereocenters. The number of imidazole rings is 1. The second-order valence-electron chi connectivity index (χ2n) is 7.25. The monoisotopic (exact) mass is 353 g/mol. The fourth-order valence-electron chi connectivity index (χ4n) is 3.56. The predicted octanol–water partition coefficient (Wildman–Crippen LogP) is 1.77. The molecule has 2 aliphatic rings. The van der Waals surface area contributed by atoms with Gasteiger partial charge in [0.2, 0.25) is 5.91 Å². The molecule has 1 aliphatic carbocycles. The van der Waals surface area contributed by atoms with Crippen LogP contribution < -0.4 is 5.32 Å². The molecule has 7 nitrogen and oxygen atoms in total. The highest BCUT2D eigenvalue weighted by Crippen LogP contribution is 2.41. The van der Waals surface area contributed by atoms with E-state index in [9.17, 15) is 9.59 Å². The van der Waals surface area contributed by atoms with E-state index in [-0.39, 0.29) is 23.8 Å². The third-order valence-electron chi connectivity index (χ3n) is 5.35. The second-order valence-corrected chi connectivity index (χ2v) is 7.25. The lowest BCUT2D eigenvalue weighted by atomic mass is 10.1. The van der Waals surface area contributed by atoms with Crippen LogP contribution in [0.1, 0.15) is 48.2 Å². The van der Waals surface area contributed by atoms with Gasteiger partial charge in [0.15, 0.2) is 0 Å². The minimum Gasteiger partial charge on any atom is -0.347 e. The molecule has 2 amide bonds. The number of nitrogens with zero attached hydrogens (tertiary/aromatic N) is 4. The smallest absolute Gasteiger partial charge is 0.271 e. The highest BCUT2D eigenvalue weighted by atomic mass is 16.2. The number of carbonyl (C=O) groups excluding carboxylic acids is 2. The van der Waals surface area contributed by atoms with Gasteiger partial charge in [-0.1, -0.05) is 13.0 Å². The fourth-order valence-corrected chi connectivity index (χ4v) is 3.56. The van der Waals surface area contributed by atoms with Crippen LogP contribution in [0, 0.1) is 11.8 Å². The summed E-state index contributed by atoms with van der Waals surface area (Å²) in [5.41, 5.74) is 1.33. The maximum atomic E-state index is 12.6. The maximum absolute atomic E-state index is 12.6. The van der Waals surface area contributed by atoms with Crippen molar-refractivity contribution in [1.82, 2.24) is 24.8 Å². The van der Waals surface area contributed by atoms with E-state index in [1.165, 1.54) is 0 Å². The van der Waals surface area contributed by atoms with Gasteiger partial charge in [0.1, 0.15) is 11.5 Å².